The van der Waals surface area contributed by atoms with Crippen molar-refractivity contribution in [2.45, 2.75) is 19.9 Å². The average Bonchev–Trinajstić information content (AvgIpc) is 2.63. The number of hydrogen-bond donors (Lipinski definition) is 2. The maximum Gasteiger partial charge on any atom is 0.0832 e. The predicted octanol–water partition coefficient (Wildman–Crippen LogP) is 2.97. The van der Waals surface area contributed by atoms with E-state index in [-0.39, 0.29) is 6.04 Å². The highest BCUT2D eigenvalue weighted by Gasteiger charge is 2.19. The number of hydrogen-bond acceptors (Lipinski definition) is 4. The number of nitrogens with one attached hydrogen (secondary N) is 1. The first-order chi connectivity index (χ1) is 8.13. The molecule has 2 rings (SSSR count). The first-order valence-electron chi connectivity index (χ1n) is 5.24. The quantitative estimate of drug-likeness (QED) is 0.664. The van der Waals surface area contributed by atoms with Crippen LogP contribution in [-0.4, -0.2) is 4.98 Å². The molecule has 0 amide bonds. The molecule has 17 heavy (non-hydrogen) atoms. The summed E-state index contributed by atoms with van der Waals surface area (Å²) in [6.07, 6.45) is 3.63. The minimum atomic E-state index is -0.103. The van der Waals surface area contributed by atoms with E-state index < -0.39 is 0 Å². The van der Waals surface area contributed by atoms with Crippen LogP contribution in [0.1, 0.15) is 27.6 Å². The summed E-state index contributed by atoms with van der Waals surface area (Å²) < 4.78 is 0. The van der Waals surface area contributed by atoms with Crippen LogP contribution in [0.3, 0.4) is 0 Å². The summed E-state index contributed by atoms with van der Waals surface area (Å²) in [6, 6.07) is 1.96. The molecular weight excluding hydrogens is 254 g/mol. The minimum Gasteiger partial charge on any atom is -0.271 e. The van der Waals surface area contributed by atoms with E-state index in [1.807, 2.05) is 31.6 Å². The average molecular weight is 268 g/mol. The van der Waals surface area contributed by atoms with Gasteiger partial charge in [0, 0.05) is 17.3 Å². The highest BCUT2D eigenvalue weighted by Crippen LogP contribution is 2.35. The van der Waals surface area contributed by atoms with Crippen molar-refractivity contribution >= 4 is 22.9 Å². The Morgan fingerprint density at radius 1 is 1.41 bits per heavy atom. The number of aryl methyl sites for hydroxylation is 2. The van der Waals surface area contributed by atoms with Gasteiger partial charge in [-0.3, -0.25) is 10.8 Å². The molecule has 2 aromatic heterocycles. The van der Waals surface area contributed by atoms with Gasteiger partial charge < -0.3 is 0 Å². The molecule has 0 aliphatic carbocycles. The van der Waals surface area contributed by atoms with Crippen molar-refractivity contribution < 1.29 is 0 Å². The van der Waals surface area contributed by atoms with Crippen LogP contribution in [0.5, 0.6) is 0 Å². The van der Waals surface area contributed by atoms with Gasteiger partial charge in [-0.15, -0.1) is 11.3 Å². The van der Waals surface area contributed by atoms with Crippen molar-refractivity contribution in [2.75, 3.05) is 0 Å². The number of hydrazine groups is 1. The number of halogens is 1. The van der Waals surface area contributed by atoms with Gasteiger partial charge in [-0.1, -0.05) is 17.7 Å². The number of rotatable bonds is 3. The summed E-state index contributed by atoms with van der Waals surface area (Å²) in [6.45, 7) is 4.00. The second kappa shape index (κ2) is 5.14. The number of nitrogens with two attached hydrogens (primary N) is 1. The van der Waals surface area contributed by atoms with Crippen molar-refractivity contribution in [3.8, 4) is 0 Å². The third-order valence-corrected chi connectivity index (χ3v) is 4.36. The van der Waals surface area contributed by atoms with Crippen LogP contribution in [-0.2, 0) is 0 Å². The molecule has 0 aromatic carbocycles. The first-order valence-corrected chi connectivity index (χ1v) is 6.50. The molecule has 0 spiro atoms. The van der Waals surface area contributed by atoms with Crippen LogP contribution in [0.25, 0.3) is 0 Å². The van der Waals surface area contributed by atoms with E-state index in [9.17, 15) is 0 Å². The van der Waals surface area contributed by atoms with Crippen molar-refractivity contribution in [2.24, 2.45) is 5.84 Å². The van der Waals surface area contributed by atoms with E-state index in [0.29, 0.717) is 0 Å². The molecule has 0 aliphatic heterocycles. The Morgan fingerprint density at radius 2 is 2.18 bits per heavy atom. The SMILES string of the molecule is Cc1cncc(C(NN)c2scc(C)c2Cl)c1. The van der Waals surface area contributed by atoms with Gasteiger partial charge in [0.25, 0.3) is 0 Å². The van der Waals surface area contributed by atoms with Gasteiger partial charge in [0.1, 0.15) is 0 Å². The van der Waals surface area contributed by atoms with Gasteiger partial charge in [0.15, 0.2) is 0 Å². The van der Waals surface area contributed by atoms with Gasteiger partial charge in [0.2, 0.25) is 0 Å². The molecule has 3 nitrogen and oxygen atoms in total. The van der Waals surface area contributed by atoms with Crippen LogP contribution in [0.15, 0.2) is 23.8 Å². The molecule has 0 aliphatic rings. The molecule has 5 heteroatoms. The Hall–Kier alpha value is -0.940. The van der Waals surface area contributed by atoms with Gasteiger partial charge in [-0.2, -0.15) is 0 Å². The zero-order valence-corrected chi connectivity index (χ0v) is 11.3. The topological polar surface area (TPSA) is 50.9 Å². The second-order valence-corrected chi connectivity index (χ2v) is 5.28. The highest BCUT2D eigenvalue weighted by molar-refractivity contribution is 7.10. The van der Waals surface area contributed by atoms with Gasteiger partial charge in [-0.05, 0) is 35.9 Å². The normalized spacial score (nSPS) is 12.7. The van der Waals surface area contributed by atoms with Gasteiger partial charge in [0.05, 0.1) is 11.1 Å². The lowest BCUT2D eigenvalue weighted by Crippen LogP contribution is -2.28. The molecule has 3 N–H and O–H groups in total. The highest BCUT2D eigenvalue weighted by atomic mass is 35.5. The third kappa shape index (κ3) is 2.50. The molecule has 2 heterocycles. The van der Waals surface area contributed by atoms with E-state index in [1.54, 1.807) is 11.3 Å². The Kier molecular flexibility index (Phi) is 3.79. The maximum atomic E-state index is 6.27. The van der Waals surface area contributed by atoms with E-state index >= 15 is 0 Å². The molecule has 0 saturated carbocycles. The zero-order chi connectivity index (χ0) is 12.4. The lowest BCUT2D eigenvalue weighted by atomic mass is 10.1. The molecular formula is C12H14ClN3S. The molecule has 1 atom stereocenters. The summed E-state index contributed by atoms with van der Waals surface area (Å²) in [5.74, 6) is 5.64. The minimum absolute atomic E-state index is 0.103. The standard InChI is InChI=1S/C12H14ClN3S/c1-7-3-9(5-15-4-7)11(16-14)12-10(13)8(2)6-17-12/h3-6,11,16H,14H2,1-2H3. The molecule has 0 saturated heterocycles. The lowest BCUT2D eigenvalue weighted by molar-refractivity contribution is 0.643. The van der Waals surface area contributed by atoms with Crippen molar-refractivity contribution in [1.29, 1.82) is 0 Å². The van der Waals surface area contributed by atoms with E-state index in [1.165, 1.54) is 0 Å². The zero-order valence-electron chi connectivity index (χ0n) is 9.70. The second-order valence-electron chi connectivity index (χ2n) is 3.99. The number of aromatic nitrogens is 1. The first kappa shape index (κ1) is 12.5. The van der Waals surface area contributed by atoms with Crippen molar-refractivity contribution in [3.63, 3.8) is 0 Å². The molecule has 2 aromatic rings. The summed E-state index contributed by atoms with van der Waals surface area (Å²) in [4.78, 5) is 5.21. The summed E-state index contributed by atoms with van der Waals surface area (Å²) >= 11 is 7.87. The predicted molar refractivity (Wildman–Crippen MR) is 72.2 cm³/mol. The molecule has 90 valence electrons. The van der Waals surface area contributed by atoms with E-state index in [0.717, 1.165) is 26.6 Å². The van der Waals surface area contributed by atoms with Crippen molar-refractivity contribution in [1.82, 2.24) is 10.4 Å². The fourth-order valence-corrected chi connectivity index (χ4v) is 3.09. The maximum absolute atomic E-state index is 6.27. The van der Waals surface area contributed by atoms with Gasteiger partial charge >= 0.3 is 0 Å². The van der Waals surface area contributed by atoms with E-state index in [2.05, 4.69) is 16.5 Å². The molecule has 0 radical (unpaired) electrons. The smallest absolute Gasteiger partial charge is 0.0832 e. The monoisotopic (exact) mass is 267 g/mol. The van der Waals surface area contributed by atoms with Crippen molar-refractivity contribution in [3.05, 3.63) is 50.4 Å². The largest absolute Gasteiger partial charge is 0.271 e. The number of nitrogens with zero attached hydrogens (tertiary/aromatic N) is 1. The number of pyridine rings is 1. The van der Waals surface area contributed by atoms with Crippen LogP contribution < -0.4 is 11.3 Å². The Morgan fingerprint density at radius 3 is 2.71 bits per heavy atom. The summed E-state index contributed by atoms with van der Waals surface area (Å²) in [5, 5.41) is 2.81. The van der Waals surface area contributed by atoms with Gasteiger partial charge in [-0.25, -0.2) is 5.43 Å². The molecule has 0 bridgehead atoms. The summed E-state index contributed by atoms with van der Waals surface area (Å²) in [7, 11) is 0. The van der Waals surface area contributed by atoms with Crippen LogP contribution in [0.2, 0.25) is 5.02 Å². The summed E-state index contributed by atoms with van der Waals surface area (Å²) in [5.41, 5.74) is 6.01. The fourth-order valence-electron chi connectivity index (χ4n) is 1.70. The molecule has 1 unspecified atom stereocenters. The Balaban J connectivity index is 2.44. The van der Waals surface area contributed by atoms with Crippen LogP contribution in [0.4, 0.5) is 0 Å². The third-order valence-electron chi connectivity index (χ3n) is 2.58. The Labute approximate surface area is 110 Å². The van der Waals surface area contributed by atoms with E-state index in [4.69, 9.17) is 17.4 Å². The number of thiophene rings is 1. The molecule has 0 fully saturated rings. The Bertz CT molecular complexity index is 524. The van der Waals surface area contributed by atoms with Crippen LogP contribution in [0, 0.1) is 13.8 Å². The van der Waals surface area contributed by atoms with Crippen LogP contribution >= 0.6 is 22.9 Å². The fraction of sp³-hybridized carbons (Fsp3) is 0.250. The lowest BCUT2D eigenvalue weighted by Gasteiger charge is -2.15.